The van der Waals surface area contributed by atoms with Gasteiger partial charge in [0.15, 0.2) is 5.65 Å². The summed E-state index contributed by atoms with van der Waals surface area (Å²) in [7, 11) is 2.05. The predicted octanol–water partition coefficient (Wildman–Crippen LogP) is 2.98. The van der Waals surface area contributed by atoms with Gasteiger partial charge in [0.2, 0.25) is 0 Å². The Hall–Kier alpha value is -2.19. The van der Waals surface area contributed by atoms with E-state index in [0.29, 0.717) is 23.8 Å². The van der Waals surface area contributed by atoms with Crippen LogP contribution in [-0.2, 0) is 6.54 Å². The van der Waals surface area contributed by atoms with E-state index in [1.54, 1.807) is 12.4 Å². The summed E-state index contributed by atoms with van der Waals surface area (Å²) in [5, 5.41) is 14.6. The summed E-state index contributed by atoms with van der Waals surface area (Å²) < 4.78 is 2.72. The van der Waals surface area contributed by atoms with Crippen molar-refractivity contribution in [1.82, 2.24) is 19.6 Å². The van der Waals surface area contributed by atoms with E-state index >= 15 is 0 Å². The molecule has 3 aromatic heterocycles. The number of nitrogens with zero attached hydrogens (tertiary/aromatic N) is 6. The lowest BCUT2D eigenvalue weighted by Gasteiger charge is -2.31. The number of pyridine rings is 1. The molecule has 0 unspecified atom stereocenters. The Balaban J connectivity index is 1.53. The first-order valence-corrected chi connectivity index (χ1v) is 10.7. The first kappa shape index (κ1) is 18.8. The lowest BCUT2D eigenvalue weighted by Crippen LogP contribution is -2.39. The minimum absolute atomic E-state index is 0.114. The molecule has 5 rings (SSSR count). The highest BCUT2D eigenvalue weighted by Crippen LogP contribution is 2.65. The summed E-state index contributed by atoms with van der Waals surface area (Å²) in [6.07, 6.45) is 5.44. The zero-order valence-electron chi connectivity index (χ0n) is 16.8. The second-order valence-electron chi connectivity index (χ2n) is 8.77. The molecule has 0 spiro atoms. The first-order valence-electron chi connectivity index (χ1n) is 9.93. The summed E-state index contributed by atoms with van der Waals surface area (Å²) in [5.41, 5.74) is 2.22. The molecule has 3 atom stereocenters. The smallest absolute Gasteiger partial charge is 0.173 e. The zero-order valence-corrected chi connectivity index (χ0v) is 18.4. The summed E-state index contributed by atoms with van der Waals surface area (Å²) in [5.74, 6) is 2.99. The van der Waals surface area contributed by atoms with Gasteiger partial charge in [-0.25, -0.2) is 4.98 Å². The van der Waals surface area contributed by atoms with Gasteiger partial charge in [-0.3, -0.25) is 4.98 Å². The maximum Gasteiger partial charge on any atom is 0.173 e. The van der Waals surface area contributed by atoms with Crippen molar-refractivity contribution >= 4 is 33.2 Å². The van der Waals surface area contributed by atoms with Gasteiger partial charge in [-0.05, 0) is 44.8 Å². The number of aromatic nitrogens is 4. The Morgan fingerprint density at radius 1 is 1.34 bits per heavy atom. The summed E-state index contributed by atoms with van der Waals surface area (Å²) in [4.78, 5) is 13.6. The molecule has 1 saturated carbocycles. The van der Waals surface area contributed by atoms with Crippen molar-refractivity contribution in [3.05, 3.63) is 46.8 Å². The van der Waals surface area contributed by atoms with Crippen molar-refractivity contribution in [3.63, 3.8) is 0 Å². The fourth-order valence-electron chi connectivity index (χ4n) is 5.09. The fraction of sp³-hybridized carbons (Fsp3) is 0.476. The Kier molecular flexibility index (Phi) is 4.33. The highest BCUT2D eigenvalue weighted by atomic mass is 79.9. The highest BCUT2D eigenvalue weighted by Gasteiger charge is 2.66. The Bertz CT molecular complexity index is 1050. The molecule has 2 aliphatic rings. The van der Waals surface area contributed by atoms with E-state index in [9.17, 15) is 5.11 Å². The Morgan fingerprint density at radius 3 is 2.90 bits per heavy atom. The maximum atomic E-state index is 10.1. The SMILES string of the molecule is CN(Cc1cccnc1)c1cc(N2C[C@H]3[C@@H]([C@H]2CO)C3(C)C)nc2c(Br)cnn12. The van der Waals surface area contributed by atoms with Crippen LogP contribution in [0.15, 0.2) is 41.3 Å². The fourth-order valence-corrected chi connectivity index (χ4v) is 5.44. The van der Waals surface area contributed by atoms with Crippen LogP contribution in [0.2, 0.25) is 0 Å². The average Bonchev–Trinajstić information content (AvgIpc) is 3.06. The monoisotopic (exact) mass is 456 g/mol. The van der Waals surface area contributed by atoms with Crippen LogP contribution in [0.25, 0.3) is 5.65 Å². The van der Waals surface area contributed by atoms with Gasteiger partial charge in [0.25, 0.3) is 0 Å². The molecular formula is C21H25BrN6O. The van der Waals surface area contributed by atoms with Crippen LogP contribution in [0.5, 0.6) is 0 Å². The predicted molar refractivity (Wildman–Crippen MR) is 116 cm³/mol. The lowest BCUT2D eigenvalue weighted by molar-refractivity contribution is 0.241. The third-order valence-corrected chi connectivity index (χ3v) is 7.32. The van der Waals surface area contributed by atoms with Crippen molar-refractivity contribution in [2.24, 2.45) is 17.3 Å². The van der Waals surface area contributed by atoms with Crippen LogP contribution in [-0.4, -0.2) is 50.9 Å². The molecule has 29 heavy (non-hydrogen) atoms. The molecule has 8 heteroatoms. The largest absolute Gasteiger partial charge is 0.394 e. The minimum atomic E-state index is 0.114. The highest BCUT2D eigenvalue weighted by molar-refractivity contribution is 9.10. The van der Waals surface area contributed by atoms with E-state index < -0.39 is 0 Å². The van der Waals surface area contributed by atoms with Crippen LogP contribution >= 0.6 is 15.9 Å². The molecule has 4 heterocycles. The number of aliphatic hydroxyl groups is 1. The molecule has 152 valence electrons. The van der Waals surface area contributed by atoms with E-state index in [4.69, 9.17) is 4.98 Å². The quantitative estimate of drug-likeness (QED) is 0.636. The van der Waals surface area contributed by atoms with E-state index in [0.717, 1.165) is 33.9 Å². The van der Waals surface area contributed by atoms with Crippen LogP contribution in [0.3, 0.4) is 0 Å². The van der Waals surface area contributed by atoms with Gasteiger partial charge >= 0.3 is 0 Å². The topological polar surface area (TPSA) is 69.8 Å². The van der Waals surface area contributed by atoms with Crippen LogP contribution in [0.1, 0.15) is 19.4 Å². The Morgan fingerprint density at radius 2 is 2.17 bits per heavy atom. The van der Waals surface area contributed by atoms with Crippen LogP contribution in [0.4, 0.5) is 11.6 Å². The van der Waals surface area contributed by atoms with Crippen LogP contribution in [0, 0.1) is 17.3 Å². The molecule has 2 fully saturated rings. The minimum Gasteiger partial charge on any atom is -0.394 e. The molecule has 1 aliphatic carbocycles. The molecule has 0 amide bonds. The summed E-state index contributed by atoms with van der Waals surface area (Å²) in [6.45, 7) is 6.41. The Labute approximate surface area is 178 Å². The second kappa shape index (κ2) is 6.67. The van der Waals surface area contributed by atoms with Crippen LogP contribution < -0.4 is 9.80 Å². The molecule has 1 saturated heterocycles. The van der Waals surface area contributed by atoms with E-state index in [1.165, 1.54) is 0 Å². The summed E-state index contributed by atoms with van der Waals surface area (Å²) >= 11 is 3.59. The molecule has 0 bridgehead atoms. The van der Waals surface area contributed by atoms with Gasteiger partial charge < -0.3 is 14.9 Å². The molecule has 1 aliphatic heterocycles. The van der Waals surface area contributed by atoms with Gasteiger partial charge in [-0.1, -0.05) is 19.9 Å². The van der Waals surface area contributed by atoms with Gasteiger partial charge in [0.1, 0.15) is 11.6 Å². The van der Waals surface area contributed by atoms with E-state index in [-0.39, 0.29) is 12.6 Å². The van der Waals surface area contributed by atoms with E-state index in [2.05, 4.69) is 68.8 Å². The number of fused-ring (bicyclic) bond motifs is 2. The number of hydrogen-bond donors (Lipinski definition) is 1. The number of rotatable bonds is 5. The van der Waals surface area contributed by atoms with Gasteiger partial charge in [-0.15, -0.1) is 0 Å². The molecule has 3 aromatic rings. The molecule has 7 nitrogen and oxygen atoms in total. The van der Waals surface area contributed by atoms with Crippen molar-refractivity contribution in [2.75, 3.05) is 30.0 Å². The number of aliphatic hydroxyl groups excluding tert-OH is 1. The maximum absolute atomic E-state index is 10.1. The molecule has 1 N–H and O–H groups in total. The van der Waals surface area contributed by atoms with Crippen molar-refractivity contribution in [1.29, 1.82) is 0 Å². The molecule has 0 radical (unpaired) electrons. The van der Waals surface area contributed by atoms with Crippen molar-refractivity contribution < 1.29 is 5.11 Å². The van der Waals surface area contributed by atoms with Crippen molar-refractivity contribution in [2.45, 2.75) is 26.4 Å². The molecular weight excluding hydrogens is 432 g/mol. The van der Waals surface area contributed by atoms with Crippen molar-refractivity contribution in [3.8, 4) is 0 Å². The standard InChI is InChI=1S/C21H25BrN6O/c1-21(2)14-11-27(16(12-29)19(14)21)17-7-18(28-20(25-17)15(22)9-24-28)26(3)10-13-5-4-6-23-8-13/h4-9,14,16,19,29H,10-12H2,1-3H3/t14-,16+,19-/m0/s1. The number of piperidine rings is 1. The number of anilines is 2. The van der Waals surface area contributed by atoms with E-state index in [1.807, 2.05) is 16.8 Å². The van der Waals surface area contributed by atoms with Gasteiger partial charge in [-0.2, -0.15) is 9.61 Å². The first-order chi connectivity index (χ1) is 13.9. The third-order valence-electron chi connectivity index (χ3n) is 6.76. The summed E-state index contributed by atoms with van der Waals surface area (Å²) in [6, 6.07) is 6.22. The van der Waals surface area contributed by atoms with Gasteiger partial charge in [0.05, 0.1) is 23.3 Å². The lowest BCUT2D eigenvalue weighted by atomic mass is 10.0. The van der Waals surface area contributed by atoms with Gasteiger partial charge in [0, 0.05) is 38.6 Å². The molecule has 0 aromatic carbocycles. The number of halogens is 1. The number of hydrogen-bond acceptors (Lipinski definition) is 6. The average molecular weight is 457 g/mol. The zero-order chi connectivity index (χ0) is 20.3. The third kappa shape index (κ3) is 2.92. The normalized spacial score (nSPS) is 24.7. The second-order valence-corrected chi connectivity index (χ2v) is 9.63.